The minimum atomic E-state index is 0.343. The number of aryl methyl sites for hydroxylation is 2. The SMILES string of the molecule is Cc1cc(NCc2scnc2C)nc(C(C)C)n1. The summed E-state index contributed by atoms with van der Waals surface area (Å²) in [6.45, 7) is 9.00. The van der Waals surface area contributed by atoms with Gasteiger partial charge in [0.25, 0.3) is 0 Å². The molecule has 0 saturated carbocycles. The molecule has 0 atom stereocenters. The highest BCUT2D eigenvalue weighted by atomic mass is 32.1. The molecule has 0 amide bonds. The minimum Gasteiger partial charge on any atom is -0.365 e. The molecule has 0 aliphatic heterocycles. The molecule has 0 radical (unpaired) electrons. The molecule has 18 heavy (non-hydrogen) atoms. The number of anilines is 1. The van der Waals surface area contributed by atoms with Gasteiger partial charge in [-0.3, -0.25) is 0 Å². The summed E-state index contributed by atoms with van der Waals surface area (Å²) >= 11 is 1.67. The van der Waals surface area contributed by atoms with Gasteiger partial charge in [-0.2, -0.15) is 0 Å². The van der Waals surface area contributed by atoms with Crippen molar-refractivity contribution in [2.75, 3.05) is 5.32 Å². The molecule has 0 spiro atoms. The van der Waals surface area contributed by atoms with Gasteiger partial charge in [-0.15, -0.1) is 11.3 Å². The maximum absolute atomic E-state index is 4.52. The van der Waals surface area contributed by atoms with Crippen molar-refractivity contribution >= 4 is 17.2 Å². The molecule has 0 fully saturated rings. The molecule has 5 heteroatoms. The monoisotopic (exact) mass is 262 g/mol. The molecule has 2 aromatic heterocycles. The summed E-state index contributed by atoms with van der Waals surface area (Å²) in [5.74, 6) is 2.12. The van der Waals surface area contributed by atoms with E-state index in [1.165, 1.54) is 4.88 Å². The zero-order valence-corrected chi connectivity index (χ0v) is 12.0. The Labute approximate surface area is 112 Å². The normalized spacial score (nSPS) is 10.9. The van der Waals surface area contributed by atoms with Gasteiger partial charge in [0, 0.05) is 22.6 Å². The maximum Gasteiger partial charge on any atom is 0.133 e. The number of aromatic nitrogens is 3. The molecule has 0 unspecified atom stereocenters. The lowest BCUT2D eigenvalue weighted by molar-refractivity contribution is 0.766. The third-order valence-electron chi connectivity index (χ3n) is 2.66. The summed E-state index contributed by atoms with van der Waals surface area (Å²) in [6.07, 6.45) is 0. The van der Waals surface area contributed by atoms with Crippen LogP contribution in [0.5, 0.6) is 0 Å². The molecule has 2 aromatic rings. The van der Waals surface area contributed by atoms with Gasteiger partial charge in [0.1, 0.15) is 11.6 Å². The van der Waals surface area contributed by atoms with Crippen LogP contribution >= 0.6 is 11.3 Å². The van der Waals surface area contributed by atoms with Crippen molar-refractivity contribution in [3.8, 4) is 0 Å². The molecule has 4 nitrogen and oxygen atoms in total. The van der Waals surface area contributed by atoms with Crippen LogP contribution in [-0.2, 0) is 6.54 Å². The van der Waals surface area contributed by atoms with E-state index in [4.69, 9.17) is 0 Å². The Morgan fingerprint density at radius 3 is 2.67 bits per heavy atom. The zero-order valence-electron chi connectivity index (χ0n) is 11.2. The van der Waals surface area contributed by atoms with Crippen LogP contribution < -0.4 is 5.32 Å². The first-order valence-electron chi connectivity index (χ1n) is 6.04. The lowest BCUT2D eigenvalue weighted by atomic mass is 10.2. The molecule has 0 aromatic carbocycles. The standard InChI is InChI=1S/C13H18N4S/c1-8(2)13-16-9(3)5-12(17-13)14-6-11-10(4)15-7-18-11/h5,7-8H,6H2,1-4H3,(H,14,16,17). The first-order chi connectivity index (χ1) is 8.56. The molecule has 2 rings (SSSR count). The molecular formula is C13H18N4S. The number of nitrogens with zero attached hydrogens (tertiary/aromatic N) is 3. The first-order valence-corrected chi connectivity index (χ1v) is 6.92. The molecular weight excluding hydrogens is 244 g/mol. The van der Waals surface area contributed by atoms with Crippen molar-refractivity contribution in [2.45, 2.75) is 40.2 Å². The molecule has 0 bridgehead atoms. The van der Waals surface area contributed by atoms with Crippen molar-refractivity contribution < 1.29 is 0 Å². The minimum absolute atomic E-state index is 0.343. The average molecular weight is 262 g/mol. The summed E-state index contributed by atoms with van der Waals surface area (Å²) in [4.78, 5) is 14.4. The highest BCUT2D eigenvalue weighted by Gasteiger charge is 2.07. The van der Waals surface area contributed by atoms with Gasteiger partial charge in [-0.05, 0) is 13.8 Å². The van der Waals surface area contributed by atoms with E-state index in [0.29, 0.717) is 5.92 Å². The maximum atomic E-state index is 4.52. The van der Waals surface area contributed by atoms with E-state index in [1.807, 2.05) is 25.4 Å². The van der Waals surface area contributed by atoms with E-state index in [0.717, 1.165) is 29.6 Å². The summed E-state index contributed by atoms with van der Waals surface area (Å²) < 4.78 is 0. The van der Waals surface area contributed by atoms with Crippen molar-refractivity contribution in [1.82, 2.24) is 15.0 Å². The Morgan fingerprint density at radius 2 is 2.06 bits per heavy atom. The topological polar surface area (TPSA) is 50.7 Å². The molecule has 0 saturated heterocycles. The van der Waals surface area contributed by atoms with Gasteiger partial charge < -0.3 is 5.32 Å². The lowest BCUT2D eigenvalue weighted by Gasteiger charge is -2.09. The van der Waals surface area contributed by atoms with Crippen molar-refractivity contribution in [3.05, 3.63) is 33.7 Å². The number of rotatable bonds is 4. The lowest BCUT2D eigenvalue weighted by Crippen LogP contribution is -2.06. The van der Waals surface area contributed by atoms with E-state index >= 15 is 0 Å². The average Bonchev–Trinajstić information content (AvgIpc) is 2.71. The highest BCUT2D eigenvalue weighted by molar-refractivity contribution is 7.09. The second kappa shape index (κ2) is 5.44. The number of nitrogens with one attached hydrogen (secondary N) is 1. The summed E-state index contributed by atoms with van der Waals surface area (Å²) in [5, 5.41) is 3.34. The van der Waals surface area contributed by atoms with Crippen LogP contribution in [0, 0.1) is 13.8 Å². The summed E-state index contributed by atoms with van der Waals surface area (Å²) in [7, 11) is 0. The van der Waals surface area contributed by atoms with Crippen LogP contribution in [0.3, 0.4) is 0 Å². The van der Waals surface area contributed by atoms with Crippen LogP contribution in [0.1, 0.15) is 41.9 Å². The Hall–Kier alpha value is -1.49. The van der Waals surface area contributed by atoms with Gasteiger partial charge in [-0.25, -0.2) is 15.0 Å². The molecule has 1 N–H and O–H groups in total. The van der Waals surface area contributed by atoms with Gasteiger partial charge >= 0.3 is 0 Å². The van der Waals surface area contributed by atoms with Gasteiger partial charge in [0.15, 0.2) is 0 Å². The van der Waals surface area contributed by atoms with E-state index in [1.54, 1.807) is 11.3 Å². The third-order valence-corrected chi connectivity index (χ3v) is 3.60. The first kappa shape index (κ1) is 13.0. The Bertz CT molecular complexity index is 534. The van der Waals surface area contributed by atoms with Gasteiger partial charge in [0.05, 0.1) is 17.7 Å². The van der Waals surface area contributed by atoms with Crippen LogP contribution in [0.4, 0.5) is 5.82 Å². The summed E-state index contributed by atoms with van der Waals surface area (Å²) in [5.41, 5.74) is 3.96. The fourth-order valence-electron chi connectivity index (χ4n) is 1.61. The number of hydrogen-bond acceptors (Lipinski definition) is 5. The van der Waals surface area contributed by atoms with Crippen molar-refractivity contribution in [1.29, 1.82) is 0 Å². The molecule has 96 valence electrons. The van der Waals surface area contributed by atoms with E-state index in [9.17, 15) is 0 Å². The van der Waals surface area contributed by atoms with Gasteiger partial charge in [-0.1, -0.05) is 13.8 Å². The predicted molar refractivity (Wildman–Crippen MR) is 75.0 cm³/mol. The Morgan fingerprint density at radius 1 is 1.28 bits per heavy atom. The van der Waals surface area contributed by atoms with Crippen LogP contribution in [0.15, 0.2) is 11.6 Å². The largest absolute Gasteiger partial charge is 0.365 e. The van der Waals surface area contributed by atoms with Crippen LogP contribution in [0.25, 0.3) is 0 Å². The Balaban J connectivity index is 2.12. The Kier molecular flexibility index (Phi) is 3.91. The smallest absolute Gasteiger partial charge is 0.133 e. The van der Waals surface area contributed by atoms with Crippen LogP contribution in [-0.4, -0.2) is 15.0 Å². The second-order valence-corrected chi connectivity index (χ2v) is 5.56. The zero-order chi connectivity index (χ0) is 13.1. The summed E-state index contributed by atoms with van der Waals surface area (Å²) in [6, 6.07) is 1.97. The van der Waals surface area contributed by atoms with Crippen molar-refractivity contribution in [3.63, 3.8) is 0 Å². The predicted octanol–water partition coefficient (Wildman–Crippen LogP) is 3.29. The highest BCUT2D eigenvalue weighted by Crippen LogP contribution is 2.16. The third kappa shape index (κ3) is 3.04. The van der Waals surface area contributed by atoms with Crippen LogP contribution in [0.2, 0.25) is 0 Å². The van der Waals surface area contributed by atoms with Gasteiger partial charge in [0.2, 0.25) is 0 Å². The fourth-order valence-corrected chi connectivity index (χ4v) is 2.32. The second-order valence-electron chi connectivity index (χ2n) is 4.62. The molecule has 0 aliphatic carbocycles. The van der Waals surface area contributed by atoms with Crippen molar-refractivity contribution in [2.24, 2.45) is 0 Å². The van der Waals surface area contributed by atoms with E-state index < -0.39 is 0 Å². The van der Waals surface area contributed by atoms with E-state index in [-0.39, 0.29) is 0 Å². The fraction of sp³-hybridized carbons (Fsp3) is 0.462. The van der Waals surface area contributed by atoms with E-state index in [2.05, 4.69) is 34.1 Å². The molecule has 0 aliphatic rings. The molecule has 2 heterocycles. The number of thiazole rings is 1. The quantitative estimate of drug-likeness (QED) is 0.918. The number of hydrogen-bond donors (Lipinski definition) is 1.